The van der Waals surface area contributed by atoms with Gasteiger partial charge in [0.05, 0.1) is 30.2 Å². The van der Waals surface area contributed by atoms with E-state index >= 15 is 0 Å². The Morgan fingerprint density at radius 1 is 0.902 bits per heavy atom. The number of sulfonamides is 1. The lowest BCUT2D eigenvalue weighted by Gasteiger charge is -2.54. The first-order chi connectivity index (χ1) is 24.4. The number of carbonyl (C=O) groups is 1. The van der Waals surface area contributed by atoms with Gasteiger partial charge in [-0.05, 0) is 131 Å². The van der Waals surface area contributed by atoms with E-state index in [2.05, 4.69) is 28.4 Å². The van der Waals surface area contributed by atoms with Crippen LogP contribution in [0.3, 0.4) is 0 Å². The van der Waals surface area contributed by atoms with E-state index in [1.807, 2.05) is 37.3 Å². The van der Waals surface area contributed by atoms with Crippen LogP contribution < -0.4 is 14.4 Å². The molecule has 1 saturated carbocycles. The zero-order valence-electron chi connectivity index (χ0n) is 30.7. The van der Waals surface area contributed by atoms with Gasteiger partial charge in [0.1, 0.15) is 12.4 Å². The number of nitrogens with zero attached hydrogens (tertiary/aromatic N) is 2. The molecule has 1 amide bonds. The normalized spacial score (nSPS) is 33.2. The maximum atomic E-state index is 13.6. The quantitative estimate of drug-likeness (QED) is 0.346. The third-order valence-electron chi connectivity index (χ3n) is 12.9. The molecule has 51 heavy (non-hydrogen) atoms. The van der Waals surface area contributed by atoms with Crippen LogP contribution in [-0.2, 0) is 32.5 Å². The Kier molecular flexibility index (Phi) is 11.0. The minimum absolute atomic E-state index is 0.124. The Morgan fingerprint density at radius 3 is 2.41 bits per heavy atom. The Labute approximate surface area is 309 Å². The van der Waals surface area contributed by atoms with Crippen LogP contribution in [0.15, 0.2) is 36.4 Å². The summed E-state index contributed by atoms with van der Waals surface area (Å²) in [7, 11) is -3.91. The van der Waals surface area contributed by atoms with Crippen molar-refractivity contribution < 1.29 is 27.4 Å². The van der Waals surface area contributed by atoms with Gasteiger partial charge in [-0.15, -0.1) is 0 Å². The lowest BCUT2D eigenvalue weighted by molar-refractivity contribution is -0.255. The van der Waals surface area contributed by atoms with Crippen molar-refractivity contribution >= 4 is 33.2 Å². The van der Waals surface area contributed by atoms with Crippen molar-refractivity contribution in [2.75, 3.05) is 37.7 Å². The molecular weight excluding hydrogens is 686 g/mol. The van der Waals surface area contributed by atoms with E-state index in [1.54, 1.807) is 13.0 Å². The van der Waals surface area contributed by atoms with Crippen molar-refractivity contribution in [3.8, 4) is 5.75 Å². The summed E-state index contributed by atoms with van der Waals surface area (Å²) in [5.74, 6) is 1.05. The minimum Gasteiger partial charge on any atom is -0.487 e. The third kappa shape index (κ3) is 7.96. The van der Waals surface area contributed by atoms with E-state index in [0.29, 0.717) is 43.0 Å². The molecule has 2 bridgehead atoms. The molecule has 2 saturated heterocycles. The smallest absolute Gasteiger partial charge is 0.264 e. The van der Waals surface area contributed by atoms with Crippen molar-refractivity contribution in [3.05, 3.63) is 58.1 Å². The van der Waals surface area contributed by atoms with Gasteiger partial charge >= 0.3 is 0 Å². The molecule has 4 aliphatic heterocycles. The fourth-order valence-corrected chi connectivity index (χ4v) is 10.6. The van der Waals surface area contributed by atoms with Gasteiger partial charge in [-0.25, -0.2) is 13.1 Å². The molecule has 5 aliphatic rings. The number of rotatable bonds is 2. The molecule has 0 aromatic heterocycles. The average Bonchev–Trinajstić information content (AvgIpc) is 3.11. The summed E-state index contributed by atoms with van der Waals surface area (Å²) in [4.78, 5) is 18.5. The summed E-state index contributed by atoms with van der Waals surface area (Å²) in [6.07, 6.45) is 8.57. The van der Waals surface area contributed by atoms with Crippen LogP contribution in [0.25, 0.3) is 0 Å². The van der Waals surface area contributed by atoms with Gasteiger partial charge in [-0.3, -0.25) is 9.69 Å². The molecule has 0 radical (unpaired) electrons. The van der Waals surface area contributed by atoms with Crippen molar-refractivity contribution in [1.82, 2.24) is 9.62 Å². The second-order valence-corrected chi connectivity index (χ2v) is 19.0. The highest BCUT2D eigenvalue weighted by molar-refractivity contribution is 7.90. The SMILES string of the molecule is C[C@@H]1[C@@H](C)CCC[C@@H](C2OCC(N3CCC3(C)C)CO2)[C@@H]2CC[C@H]2CN2CCCCc3cc(Cl)ccc3COc3ccc(cc32)C(=O)NS1(=O)=O. The molecular formula is C40H56ClN3O6S. The zero-order valence-corrected chi connectivity index (χ0v) is 32.3. The predicted octanol–water partition coefficient (Wildman–Crippen LogP) is 7.20. The molecule has 4 heterocycles. The number of carbonyl (C=O) groups excluding carboxylic acids is 1. The summed E-state index contributed by atoms with van der Waals surface area (Å²) in [6, 6.07) is 11.6. The molecule has 0 unspecified atom stereocenters. The van der Waals surface area contributed by atoms with E-state index in [1.165, 1.54) is 12.0 Å². The third-order valence-corrected chi connectivity index (χ3v) is 15.0. The van der Waals surface area contributed by atoms with Gasteiger partial charge in [-0.2, -0.15) is 0 Å². The van der Waals surface area contributed by atoms with Gasteiger partial charge in [0, 0.05) is 41.7 Å². The average molecular weight is 742 g/mol. The number of anilines is 1. The maximum absolute atomic E-state index is 13.6. The van der Waals surface area contributed by atoms with E-state index < -0.39 is 21.2 Å². The Bertz CT molecular complexity index is 1680. The first kappa shape index (κ1) is 37.0. The minimum atomic E-state index is -3.91. The Hall–Kier alpha value is -2.37. The molecule has 1 N–H and O–H groups in total. The van der Waals surface area contributed by atoms with E-state index in [9.17, 15) is 13.2 Å². The molecule has 2 aromatic rings. The van der Waals surface area contributed by atoms with Crippen LogP contribution in [0.1, 0.15) is 101 Å². The molecule has 5 atom stereocenters. The number of ether oxygens (including phenoxy) is 3. The van der Waals surface area contributed by atoms with Gasteiger partial charge < -0.3 is 19.1 Å². The fraction of sp³-hybridized carbons (Fsp3) is 0.675. The molecule has 11 heteroatoms. The van der Waals surface area contributed by atoms with Gasteiger partial charge in [-0.1, -0.05) is 31.0 Å². The standard InChI is InChI=1S/C40H56ClN3O6S/c1-26-8-7-10-35(39-49-24-33(25-50-39)44-19-17-40(44,3)4)34-15-12-30(34)22-43-18-6-5-9-28-20-32(41)14-11-31(28)23-48-37-16-13-29(21-36(37)43)38(45)42-51(46,47)27(26)2/h11,13-14,16,20-21,26-27,30,33-35,39H,5-10,12,15,17-19,22-25H2,1-4H3,(H,42,45)/t26-,27+,30-,33?,34+,35+,39?/m0/s1. The molecule has 2 aromatic carbocycles. The highest BCUT2D eigenvalue weighted by Gasteiger charge is 2.46. The Morgan fingerprint density at radius 2 is 1.71 bits per heavy atom. The number of fused-ring (bicyclic) bond motifs is 3. The van der Waals surface area contributed by atoms with Crippen molar-refractivity contribution in [1.29, 1.82) is 0 Å². The lowest BCUT2D eigenvalue weighted by Crippen LogP contribution is -2.64. The molecule has 3 fully saturated rings. The summed E-state index contributed by atoms with van der Waals surface area (Å²) >= 11 is 6.39. The molecule has 7 rings (SSSR count). The second-order valence-electron chi connectivity index (χ2n) is 16.5. The summed E-state index contributed by atoms with van der Waals surface area (Å²) in [5.41, 5.74) is 3.63. The van der Waals surface area contributed by atoms with Crippen molar-refractivity contribution in [2.24, 2.45) is 23.7 Å². The topological polar surface area (TPSA) is 97.4 Å². The number of aryl methyl sites for hydroxylation is 1. The largest absolute Gasteiger partial charge is 0.487 e. The van der Waals surface area contributed by atoms with E-state index in [4.69, 9.17) is 25.8 Å². The van der Waals surface area contributed by atoms with Crippen molar-refractivity contribution in [3.63, 3.8) is 0 Å². The number of halogens is 1. The van der Waals surface area contributed by atoms with Gasteiger partial charge in [0.2, 0.25) is 10.0 Å². The van der Waals surface area contributed by atoms with Crippen LogP contribution in [0.5, 0.6) is 5.75 Å². The summed E-state index contributed by atoms with van der Waals surface area (Å²) < 4.78 is 49.2. The van der Waals surface area contributed by atoms with E-state index in [-0.39, 0.29) is 29.7 Å². The van der Waals surface area contributed by atoms with Gasteiger partial charge in [0.15, 0.2) is 6.29 Å². The summed E-state index contributed by atoms with van der Waals surface area (Å²) in [6.45, 7) is 12.7. The number of likely N-dealkylation sites (tertiary alicyclic amines) is 1. The van der Waals surface area contributed by atoms with Crippen LogP contribution in [0, 0.1) is 23.7 Å². The number of amides is 1. The molecule has 1 aliphatic carbocycles. The first-order valence-corrected chi connectivity index (χ1v) is 21.2. The fourth-order valence-electron chi connectivity index (χ4n) is 9.10. The first-order valence-electron chi connectivity index (χ1n) is 19.2. The number of hydrogen-bond donors (Lipinski definition) is 1. The maximum Gasteiger partial charge on any atom is 0.264 e. The molecule has 0 spiro atoms. The predicted molar refractivity (Wildman–Crippen MR) is 201 cm³/mol. The van der Waals surface area contributed by atoms with Crippen molar-refractivity contribution in [2.45, 2.75) is 115 Å². The highest BCUT2D eigenvalue weighted by atomic mass is 35.5. The lowest BCUT2D eigenvalue weighted by atomic mass is 9.65. The monoisotopic (exact) mass is 741 g/mol. The second kappa shape index (κ2) is 15.2. The van der Waals surface area contributed by atoms with Crippen LogP contribution >= 0.6 is 11.6 Å². The van der Waals surface area contributed by atoms with Crippen LogP contribution in [0.2, 0.25) is 5.02 Å². The van der Waals surface area contributed by atoms with E-state index in [0.717, 1.165) is 87.3 Å². The molecule has 280 valence electrons. The Balaban J connectivity index is 1.19. The summed E-state index contributed by atoms with van der Waals surface area (Å²) in [5, 5.41) is 0.00108. The highest BCUT2D eigenvalue weighted by Crippen LogP contribution is 2.47. The van der Waals surface area contributed by atoms with Crippen LogP contribution in [-0.4, -0.2) is 75.2 Å². The number of nitrogens with one attached hydrogen (secondary N) is 1. The van der Waals surface area contributed by atoms with Gasteiger partial charge in [0.25, 0.3) is 5.91 Å². The number of hydrogen-bond acceptors (Lipinski definition) is 8. The molecule has 9 nitrogen and oxygen atoms in total. The van der Waals surface area contributed by atoms with Crippen LogP contribution in [0.4, 0.5) is 5.69 Å². The number of benzene rings is 2. The zero-order chi connectivity index (χ0) is 35.9.